The van der Waals surface area contributed by atoms with Crippen LogP contribution in [0.2, 0.25) is 5.02 Å². The molecule has 0 spiro atoms. The molecule has 0 saturated heterocycles. The quantitative estimate of drug-likeness (QED) is 0.597. The maximum atomic E-state index is 12.1. The van der Waals surface area contributed by atoms with E-state index in [9.17, 15) is 4.79 Å². The molecule has 1 heterocycles. The third-order valence-electron chi connectivity index (χ3n) is 3.52. The highest BCUT2D eigenvalue weighted by molar-refractivity contribution is 6.34. The van der Waals surface area contributed by atoms with Gasteiger partial charge in [-0.1, -0.05) is 29.8 Å². The number of benzene rings is 2. The van der Waals surface area contributed by atoms with Crippen LogP contribution < -0.4 is 9.47 Å². The summed E-state index contributed by atoms with van der Waals surface area (Å²) in [7, 11) is 1.57. The number of halogens is 1. The van der Waals surface area contributed by atoms with Crippen LogP contribution in [-0.4, -0.2) is 25.6 Å². The van der Waals surface area contributed by atoms with E-state index in [0.29, 0.717) is 28.7 Å². The zero-order chi connectivity index (χ0) is 17.8. The standard InChI is InChI=1S/C19H16ClNO4/c1-3-24-17-11-12(8-9-16(17)23-2)10-15-19(22)25-18(21-15)13-6-4-5-7-14(13)20/h4-11H,3H2,1-2H3/b15-10+. The number of carbonyl (C=O) groups excluding carboxylic acids is 1. The van der Waals surface area contributed by atoms with Gasteiger partial charge in [-0.2, -0.15) is 0 Å². The summed E-state index contributed by atoms with van der Waals surface area (Å²) >= 11 is 6.13. The molecule has 3 rings (SSSR count). The Morgan fingerprint density at radius 3 is 2.72 bits per heavy atom. The summed E-state index contributed by atoms with van der Waals surface area (Å²) in [5.41, 5.74) is 1.52. The number of esters is 1. The molecule has 5 nitrogen and oxygen atoms in total. The molecule has 0 atom stereocenters. The minimum atomic E-state index is -0.524. The average Bonchev–Trinajstić information content (AvgIpc) is 2.96. The van der Waals surface area contributed by atoms with Gasteiger partial charge in [0.2, 0.25) is 5.90 Å². The maximum Gasteiger partial charge on any atom is 0.363 e. The number of cyclic esters (lactones) is 1. The molecular weight excluding hydrogens is 342 g/mol. The van der Waals surface area contributed by atoms with Crippen molar-refractivity contribution in [1.82, 2.24) is 0 Å². The normalized spacial score (nSPS) is 15.1. The predicted molar refractivity (Wildman–Crippen MR) is 96.2 cm³/mol. The minimum absolute atomic E-state index is 0.195. The van der Waals surface area contributed by atoms with Crippen LogP contribution in [0.15, 0.2) is 53.2 Å². The van der Waals surface area contributed by atoms with Crippen LogP contribution in [0.3, 0.4) is 0 Å². The molecule has 0 fully saturated rings. The largest absolute Gasteiger partial charge is 0.493 e. The van der Waals surface area contributed by atoms with Gasteiger partial charge in [0.1, 0.15) is 0 Å². The fourth-order valence-corrected chi connectivity index (χ4v) is 2.58. The van der Waals surface area contributed by atoms with Crippen molar-refractivity contribution >= 4 is 29.5 Å². The number of rotatable bonds is 5. The van der Waals surface area contributed by atoms with E-state index in [4.69, 9.17) is 25.8 Å². The fraction of sp³-hybridized carbons (Fsp3) is 0.158. The highest BCUT2D eigenvalue weighted by Crippen LogP contribution is 2.30. The van der Waals surface area contributed by atoms with Gasteiger partial charge in [0, 0.05) is 0 Å². The summed E-state index contributed by atoms with van der Waals surface area (Å²) in [4.78, 5) is 16.4. The molecule has 0 unspecified atom stereocenters. The first-order valence-electron chi connectivity index (χ1n) is 7.70. The second kappa shape index (κ2) is 7.40. The van der Waals surface area contributed by atoms with Gasteiger partial charge in [0.15, 0.2) is 17.2 Å². The number of ether oxygens (including phenoxy) is 3. The lowest BCUT2D eigenvalue weighted by atomic mass is 10.1. The summed E-state index contributed by atoms with van der Waals surface area (Å²) in [6, 6.07) is 12.4. The molecule has 2 aromatic rings. The van der Waals surface area contributed by atoms with Crippen LogP contribution in [0.1, 0.15) is 18.1 Å². The van der Waals surface area contributed by atoms with Crippen molar-refractivity contribution in [3.05, 3.63) is 64.3 Å². The van der Waals surface area contributed by atoms with E-state index in [-0.39, 0.29) is 11.6 Å². The second-order valence-electron chi connectivity index (χ2n) is 5.16. The van der Waals surface area contributed by atoms with Crippen LogP contribution in [0.5, 0.6) is 11.5 Å². The molecular formula is C19H16ClNO4. The number of hydrogen-bond acceptors (Lipinski definition) is 5. The van der Waals surface area contributed by atoms with E-state index in [1.807, 2.05) is 13.0 Å². The molecule has 128 valence electrons. The van der Waals surface area contributed by atoms with Crippen LogP contribution in [-0.2, 0) is 9.53 Å². The summed E-state index contributed by atoms with van der Waals surface area (Å²) in [5, 5.41) is 0.471. The zero-order valence-corrected chi connectivity index (χ0v) is 14.5. The highest BCUT2D eigenvalue weighted by atomic mass is 35.5. The third kappa shape index (κ3) is 3.67. The van der Waals surface area contributed by atoms with E-state index in [1.54, 1.807) is 49.6 Å². The SMILES string of the molecule is CCOc1cc(/C=C2/N=C(c3ccccc3Cl)OC2=O)ccc1OC. The van der Waals surface area contributed by atoms with E-state index < -0.39 is 5.97 Å². The Hall–Kier alpha value is -2.79. The van der Waals surface area contributed by atoms with Crippen molar-refractivity contribution < 1.29 is 19.0 Å². The van der Waals surface area contributed by atoms with Gasteiger partial charge in [-0.15, -0.1) is 0 Å². The van der Waals surface area contributed by atoms with Gasteiger partial charge >= 0.3 is 5.97 Å². The first-order chi connectivity index (χ1) is 12.1. The van der Waals surface area contributed by atoms with Crippen molar-refractivity contribution in [2.75, 3.05) is 13.7 Å². The summed E-state index contributed by atoms with van der Waals surface area (Å²) in [5.74, 6) is 0.892. The monoisotopic (exact) mass is 357 g/mol. The predicted octanol–water partition coefficient (Wildman–Crippen LogP) is 4.09. The molecule has 25 heavy (non-hydrogen) atoms. The average molecular weight is 358 g/mol. The van der Waals surface area contributed by atoms with Crippen molar-refractivity contribution in [1.29, 1.82) is 0 Å². The molecule has 1 aliphatic heterocycles. The highest BCUT2D eigenvalue weighted by Gasteiger charge is 2.25. The Labute approximate surface area is 150 Å². The van der Waals surface area contributed by atoms with Crippen LogP contribution in [0.25, 0.3) is 6.08 Å². The summed E-state index contributed by atoms with van der Waals surface area (Å²) in [6.07, 6.45) is 1.63. The van der Waals surface area contributed by atoms with Gasteiger partial charge in [-0.05, 0) is 42.8 Å². The molecule has 6 heteroatoms. The third-order valence-corrected chi connectivity index (χ3v) is 3.85. The van der Waals surface area contributed by atoms with Gasteiger partial charge < -0.3 is 14.2 Å². The maximum absolute atomic E-state index is 12.1. The Morgan fingerprint density at radius 2 is 2.00 bits per heavy atom. The molecule has 0 aliphatic carbocycles. The molecule has 0 radical (unpaired) electrons. The topological polar surface area (TPSA) is 57.1 Å². The van der Waals surface area contributed by atoms with Crippen molar-refractivity contribution in [3.8, 4) is 11.5 Å². The minimum Gasteiger partial charge on any atom is -0.493 e. The van der Waals surface area contributed by atoms with Gasteiger partial charge in [-0.25, -0.2) is 9.79 Å². The van der Waals surface area contributed by atoms with Gasteiger partial charge in [0.25, 0.3) is 0 Å². The molecule has 1 aliphatic rings. The second-order valence-corrected chi connectivity index (χ2v) is 5.57. The fourth-order valence-electron chi connectivity index (χ4n) is 2.37. The number of hydrogen-bond donors (Lipinski definition) is 0. The number of aliphatic imine (C=N–C) groups is 1. The van der Waals surface area contributed by atoms with E-state index in [1.165, 1.54) is 0 Å². The van der Waals surface area contributed by atoms with Gasteiger partial charge in [0.05, 0.1) is 24.3 Å². The molecule has 0 N–H and O–H groups in total. The Bertz CT molecular complexity index is 873. The summed E-state index contributed by atoms with van der Waals surface area (Å²) in [6.45, 7) is 2.40. The number of carbonyl (C=O) groups is 1. The lowest BCUT2D eigenvalue weighted by Gasteiger charge is -2.09. The number of methoxy groups -OCH3 is 1. The number of nitrogens with zero attached hydrogens (tertiary/aromatic N) is 1. The first kappa shape index (κ1) is 17.0. The zero-order valence-electron chi connectivity index (χ0n) is 13.8. The molecule has 0 amide bonds. The molecule has 0 aromatic heterocycles. The van der Waals surface area contributed by atoms with Gasteiger partial charge in [-0.3, -0.25) is 0 Å². The Morgan fingerprint density at radius 1 is 1.20 bits per heavy atom. The van der Waals surface area contributed by atoms with Crippen LogP contribution in [0, 0.1) is 0 Å². The summed E-state index contributed by atoms with van der Waals surface area (Å²) < 4.78 is 16.0. The molecule has 2 aromatic carbocycles. The van der Waals surface area contributed by atoms with Crippen LogP contribution in [0.4, 0.5) is 0 Å². The van der Waals surface area contributed by atoms with E-state index in [2.05, 4.69) is 4.99 Å². The van der Waals surface area contributed by atoms with Crippen molar-refractivity contribution in [3.63, 3.8) is 0 Å². The van der Waals surface area contributed by atoms with E-state index in [0.717, 1.165) is 5.56 Å². The van der Waals surface area contributed by atoms with E-state index >= 15 is 0 Å². The lowest BCUT2D eigenvalue weighted by molar-refractivity contribution is -0.129. The molecule has 0 saturated carbocycles. The van der Waals surface area contributed by atoms with Crippen LogP contribution >= 0.6 is 11.6 Å². The Balaban J connectivity index is 1.94. The van der Waals surface area contributed by atoms with Crippen molar-refractivity contribution in [2.24, 2.45) is 4.99 Å². The van der Waals surface area contributed by atoms with Crippen molar-refractivity contribution in [2.45, 2.75) is 6.92 Å². The molecule has 0 bridgehead atoms. The smallest absolute Gasteiger partial charge is 0.363 e. The first-order valence-corrected chi connectivity index (χ1v) is 8.08. The Kier molecular flexibility index (Phi) is 5.05. The lowest BCUT2D eigenvalue weighted by Crippen LogP contribution is -2.05.